The number of piperidine rings is 1. The summed E-state index contributed by atoms with van der Waals surface area (Å²) < 4.78 is 29.5. The van der Waals surface area contributed by atoms with E-state index < -0.39 is 11.6 Å². The molecule has 0 aliphatic carbocycles. The number of aromatic nitrogens is 2. The summed E-state index contributed by atoms with van der Waals surface area (Å²) in [4.78, 5) is 4.60. The summed E-state index contributed by atoms with van der Waals surface area (Å²) in [6, 6.07) is 12.5. The van der Waals surface area contributed by atoms with Gasteiger partial charge in [0.15, 0.2) is 11.6 Å². The van der Waals surface area contributed by atoms with Crippen molar-refractivity contribution in [3.05, 3.63) is 54.1 Å². The van der Waals surface area contributed by atoms with Crippen molar-refractivity contribution in [1.82, 2.24) is 14.9 Å². The lowest BCUT2D eigenvalue weighted by molar-refractivity contribution is 0.377. The van der Waals surface area contributed by atoms with Crippen molar-refractivity contribution < 1.29 is 8.78 Å². The van der Waals surface area contributed by atoms with Crippen LogP contribution in [0.5, 0.6) is 0 Å². The van der Waals surface area contributed by atoms with Gasteiger partial charge in [-0.05, 0) is 25.9 Å². The number of fused-ring (bicyclic) bond motifs is 1. The van der Waals surface area contributed by atoms with Gasteiger partial charge < -0.3 is 9.88 Å². The van der Waals surface area contributed by atoms with Gasteiger partial charge in [-0.3, -0.25) is 0 Å². The van der Waals surface area contributed by atoms with Crippen molar-refractivity contribution in [3.63, 3.8) is 0 Å². The Balaban J connectivity index is 1.96. The number of imidazole rings is 1. The number of nitrogens with zero attached hydrogens (tertiary/aromatic N) is 2. The Hall–Kier alpha value is -2.27. The van der Waals surface area contributed by atoms with Gasteiger partial charge in [0, 0.05) is 23.7 Å². The van der Waals surface area contributed by atoms with Crippen molar-refractivity contribution in [3.8, 4) is 11.4 Å². The Labute approximate surface area is 133 Å². The van der Waals surface area contributed by atoms with Crippen LogP contribution in [0.2, 0.25) is 0 Å². The molecule has 0 bridgehead atoms. The van der Waals surface area contributed by atoms with Gasteiger partial charge in [0.25, 0.3) is 0 Å². The van der Waals surface area contributed by atoms with Gasteiger partial charge in [-0.1, -0.05) is 30.3 Å². The maximum absolute atomic E-state index is 13.8. The molecule has 118 valence electrons. The van der Waals surface area contributed by atoms with Crippen molar-refractivity contribution in [2.75, 3.05) is 13.1 Å². The van der Waals surface area contributed by atoms with Crippen LogP contribution in [0.15, 0.2) is 42.5 Å². The van der Waals surface area contributed by atoms with E-state index in [-0.39, 0.29) is 6.04 Å². The predicted molar refractivity (Wildman–Crippen MR) is 86.2 cm³/mol. The minimum Gasteiger partial charge on any atom is -0.321 e. The number of rotatable bonds is 2. The molecule has 0 spiro atoms. The van der Waals surface area contributed by atoms with Crippen LogP contribution in [-0.2, 0) is 0 Å². The Morgan fingerprint density at radius 2 is 1.70 bits per heavy atom. The smallest absolute Gasteiger partial charge is 0.161 e. The van der Waals surface area contributed by atoms with Gasteiger partial charge in [-0.25, -0.2) is 13.8 Å². The topological polar surface area (TPSA) is 29.9 Å². The second-order valence-corrected chi connectivity index (χ2v) is 5.91. The van der Waals surface area contributed by atoms with E-state index in [0.29, 0.717) is 11.0 Å². The highest BCUT2D eigenvalue weighted by Crippen LogP contribution is 2.32. The first-order valence-electron chi connectivity index (χ1n) is 7.87. The van der Waals surface area contributed by atoms with Gasteiger partial charge >= 0.3 is 0 Å². The molecule has 1 aromatic heterocycles. The fraction of sp³-hybridized carbons (Fsp3) is 0.278. The second kappa shape index (κ2) is 5.74. The Morgan fingerprint density at radius 3 is 2.43 bits per heavy atom. The molecule has 1 saturated heterocycles. The fourth-order valence-electron chi connectivity index (χ4n) is 3.32. The number of hydrogen-bond acceptors (Lipinski definition) is 2. The highest BCUT2D eigenvalue weighted by molar-refractivity contribution is 5.81. The molecule has 0 unspecified atom stereocenters. The summed E-state index contributed by atoms with van der Waals surface area (Å²) in [5.74, 6) is -0.906. The third-order valence-corrected chi connectivity index (χ3v) is 4.44. The molecule has 2 heterocycles. The van der Waals surface area contributed by atoms with Gasteiger partial charge in [0.2, 0.25) is 0 Å². The highest BCUT2D eigenvalue weighted by Gasteiger charge is 2.23. The second-order valence-electron chi connectivity index (χ2n) is 5.91. The van der Waals surface area contributed by atoms with E-state index in [1.807, 2.05) is 30.3 Å². The van der Waals surface area contributed by atoms with Crippen LogP contribution in [0.1, 0.15) is 18.9 Å². The molecule has 0 amide bonds. The average molecular weight is 313 g/mol. The van der Waals surface area contributed by atoms with Crippen LogP contribution in [0.4, 0.5) is 8.78 Å². The molecule has 1 aliphatic rings. The molecule has 3 aromatic rings. The summed E-state index contributed by atoms with van der Waals surface area (Å²) in [7, 11) is 0. The van der Waals surface area contributed by atoms with Gasteiger partial charge in [0.05, 0.1) is 11.0 Å². The van der Waals surface area contributed by atoms with E-state index >= 15 is 0 Å². The van der Waals surface area contributed by atoms with Gasteiger partial charge in [-0.15, -0.1) is 0 Å². The molecule has 0 atom stereocenters. The standard InChI is InChI=1S/C18H17F2N3/c19-14-10-16-17(11-15(14)20)23(13-6-8-21-9-7-13)18(22-16)12-4-2-1-3-5-12/h1-5,10-11,13,21H,6-9H2. The van der Waals surface area contributed by atoms with Crippen LogP contribution >= 0.6 is 0 Å². The molecule has 23 heavy (non-hydrogen) atoms. The van der Waals surface area contributed by atoms with E-state index in [1.54, 1.807) is 0 Å². The van der Waals surface area contributed by atoms with E-state index in [4.69, 9.17) is 0 Å². The van der Waals surface area contributed by atoms with Crippen molar-refractivity contribution in [2.45, 2.75) is 18.9 Å². The van der Waals surface area contributed by atoms with E-state index in [1.165, 1.54) is 12.1 Å². The number of halogens is 2. The fourth-order valence-corrected chi connectivity index (χ4v) is 3.32. The first kappa shape index (κ1) is 14.3. The molecule has 5 heteroatoms. The molecule has 1 N–H and O–H groups in total. The zero-order chi connectivity index (χ0) is 15.8. The largest absolute Gasteiger partial charge is 0.321 e. The zero-order valence-corrected chi connectivity index (χ0v) is 12.6. The van der Waals surface area contributed by atoms with Crippen LogP contribution in [-0.4, -0.2) is 22.6 Å². The minimum absolute atomic E-state index is 0.237. The lowest BCUT2D eigenvalue weighted by Crippen LogP contribution is -2.29. The van der Waals surface area contributed by atoms with E-state index in [2.05, 4.69) is 14.9 Å². The molecule has 1 aliphatic heterocycles. The third kappa shape index (κ3) is 2.51. The first-order valence-corrected chi connectivity index (χ1v) is 7.87. The van der Waals surface area contributed by atoms with Crippen LogP contribution < -0.4 is 5.32 Å². The van der Waals surface area contributed by atoms with Crippen molar-refractivity contribution in [2.24, 2.45) is 0 Å². The summed E-state index contributed by atoms with van der Waals surface area (Å²) >= 11 is 0. The summed E-state index contributed by atoms with van der Waals surface area (Å²) in [5.41, 5.74) is 2.12. The highest BCUT2D eigenvalue weighted by atomic mass is 19.2. The molecular formula is C18H17F2N3. The van der Waals surface area contributed by atoms with Crippen LogP contribution in [0.3, 0.4) is 0 Å². The summed E-state index contributed by atoms with van der Waals surface area (Å²) in [6.07, 6.45) is 1.90. The zero-order valence-electron chi connectivity index (χ0n) is 12.6. The maximum atomic E-state index is 13.8. The van der Waals surface area contributed by atoms with E-state index in [0.717, 1.165) is 37.3 Å². The predicted octanol–water partition coefficient (Wildman–Crippen LogP) is 3.91. The molecule has 2 aromatic carbocycles. The molecule has 1 fully saturated rings. The maximum Gasteiger partial charge on any atom is 0.161 e. The van der Waals surface area contributed by atoms with Crippen LogP contribution in [0, 0.1) is 11.6 Å². The van der Waals surface area contributed by atoms with Gasteiger partial charge in [0.1, 0.15) is 5.82 Å². The van der Waals surface area contributed by atoms with Gasteiger partial charge in [-0.2, -0.15) is 0 Å². The number of nitrogens with one attached hydrogen (secondary N) is 1. The Kier molecular flexibility index (Phi) is 3.58. The number of hydrogen-bond donors (Lipinski definition) is 1. The van der Waals surface area contributed by atoms with Crippen molar-refractivity contribution in [1.29, 1.82) is 0 Å². The monoisotopic (exact) mass is 313 g/mol. The SMILES string of the molecule is Fc1cc2nc(-c3ccccc3)n(C3CCNCC3)c2cc1F. The average Bonchev–Trinajstić information content (AvgIpc) is 2.95. The Morgan fingerprint density at radius 1 is 1.00 bits per heavy atom. The lowest BCUT2D eigenvalue weighted by atomic mass is 10.1. The van der Waals surface area contributed by atoms with Crippen LogP contribution in [0.25, 0.3) is 22.4 Å². The molecule has 0 radical (unpaired) electrons. The van der Waals surface area contributed by atoms with Crippen molar-refractivity contribution >= 4 is 11.0 Å². The minimum atomic E-state index is -0.855. The molecule has 3 nitrogen and oxygen atoms in total. The number of benzene rings is 2. The molecular weight excluding hydrogens is 296 g/mol. The molecule has 0 saturated carbocycles. The quantitative estimate of drug-likeness (QED) is 0.777. The Bertz CT molecular complexity index is 836. The molecule has 4 rings (SSSR count). The summed E-state index contributed by atoms with van der Waals surface area (Å²) in [5, 5.41) is 3.34. The lowest BCUT2D eigenvalue weighted by Gasteiger charge is -2.26. The van der Waals surface area contributed by atoms with E-state index in [9.17, 15) is 8.78 Å². The first-order chi connectivity index (χ1) is 11.2. The normalized spacial score (nSPS) is 16.1. The third-order valence-electron chi connectivity index (χ3n) is 4.44. The summed E-state index contributed by atoms with van der Waals surface area (Å²) in [6.45, 7) is 1.84.